The topological polar surface area (TPSA) is 183 Å². The normalized spacial score (nSPS) is 27.6. The number of nitrogens with zero attached hydrogens (tertiary/aromatic N) is 4. The molecular formula is C13H18N6O5S. The zero-order chi connectivity index (χ0) is 18.1. The maximum atomic E-state index is 10.7. The fourth-order valence-corrected chi connectivity index (χ4v) is 3.58. The largest absolute Gasteiger partial charge is 0.480 e. The number of aliphatic hydroxyl groups is 2. The molecule has 0 bridgehead atoms. The Morgan fingerprint density at radius 1 is 1.36 bits per heavy atom. The summed E-state index contributed by atoms with van der Waals surface area (Å²) in [6.45, 7) is 0. The second-order valence-corrected chi connectivity index (χ2v) is 6.69. The Hall–Kier alpha value is -1.99. The van der Waals surface area contributed by atoms with Crippen LogP contribution in [-0.2, 0) is 9.53 Å². The van der Waals surface area contributed by atoms with Gasteiger partial charge < -0.3 is 31.5 Å². The number of nitrogen functional groups attached to an aromatic ring is 1. The van der Waals surface area contributed by atoms with Crippen LogP contribution in [0.2, 0.25) is 0 Å². The number of hydrogen-bond acceptors (Lipinski definition) is 10. The number of ether oxygens (including phenoxy) is 1. The van der Waals surface area contributed by atoms with Crippen LogP contribution in [0.5, 0.6) is 0 Å². The Bertz CT molecular complexity index is 772. The lowest BCUT2D eigenvalue weighted by Gasteiger charge is -2.16. The van der Waals surface area contributed by atoms with Gasteiger partial charge in [0.2, 0.25) is 0 Å². The summed E-state index contributed by atoms with van der Waals surface area (Å²) in [5.74, 6) is -0.452. The first-order valence-corrected chi connectivity index (χ1v) is 8.56. The van der Waals surface area contributed by atoms with Gasteiger partial charge in [-0.05, 0) is 0 Å². The van der Waals surface area contributed by atoms with Crippen molar-refractivity contribution in [2.45, 2.75) is 30.6 Å². The number of rotatable bonds is 6. The van der Waals surface area contributed by atoms with Gasteiger partial charge in [0.25, 0.3) is 0 Å². The van der Waals surface area contributed by atoms with Crippen LogP contribution in [0.1, 0.15) is 6.23 Å². The molecule has 136 valence electrons. The second-order valence-electron chi connectivity index (χ2n) is 5.61. The zero-order valence-corrected chi connectivity index (χ0v) is 13.8. The van der Waals surface area contributed by atoms with Crippen molar-refractivity contribution in [2.75, 3.05) is 17.2 Å². The summed E-state index contributed by atoms with van der Waals surface area (Å²) in [6, 6.07) is -0.999. The highest BCUT2D eigenvalue weighted by Gasteiger charge is 2.44. The number of nitrogens with two attached hydrogens (primary N) is 2. The predicted molar refractivity (Wildman–Crippen MR) is 88.6 cm³/mol. The van der Waals surface area contributed by atoms with Gasteiger partial charge in [0, 0.05) is 11.5 Å². The van der Waals surface area contributed by atoms with E-state index in [4.69, 9.17) is 21.3 Å². The number of aromatic nitrogens is 4. The fourth-order valence-electron chi connectivity index (χ4n) is 2.54. The summed E-state index contributed by atoms with van der Waals surface area (Å²) in [5, 5.41) is 29.3. The van der Waals surface area contributed by atoms with Crippen LogP contribution in [0.4, 0.5) is 5.82 Å². The Morgan fingerprint density at radius 3 is 2.84 bits per heavy atom. The van der Waals surface area contributed by atoms with Crippen LogP contribution in [0.25, 0.3) is 11.2 Å². The number of hydrogen-bond donors (Lipinski definition) is 5. The first-order chi connectivity index (χ1) is 11.9. The van der Waals surface area contributed by atoms with Gasteiger partial charge in [0.05, 0.1) is 12.4 Å². The van der Waals surface area contributed by atoms with E-state index >= 15 is 0 Å². The maximum absolute atomic E-state index is 10.7. The standard InChI is InChI=1S/C13H18N6O5S/c14-5(13(22)23)1-25-2-6-8(20)9(21)12(24-6)19-4-18-7-10(15)16-3-17-11(7)19/h3-6,8-9,12,20-21H,1-2,14H2,(H,22,23)(H2,15,16,17). The quantitative estimate of drug-likeness (QED) is 0.385. The van der Waals surface area contributed by atoms with Crippen molar-refractivity contribution < 1.29 is 24.9 Å². The van der Waals surface area contributed by atoms with Crippen molar-refractivity contribution in [2.24, 2.45) is 5.73 Å². The molecule has 12 heteroatoms. The van der Waals surface area contributed by atoms with E-state index in [1.807, 2.05) is 0 Å². The Balaban J connectivity index is 1.71. The summed E-state index contributed by atoms with van der Waals surface area (Å²) < 4.78 is 7.21. The molecule has 0 spiro atoms. The number of anilines is 1. The van der Waals surface area contributed by atoms with Gasteiger partial charge in [0.15, 0.2) is 17.7 Å². The van der Waals surface area contributed by atoms with Gasteiger partial charge >= 0.3 is 5.97 Å². The summed E-state index contributed by atoms with van der Waals surface area (Å²) in [5.41, 5.74) is 11.9. The molecule has 0 aromatic carbocycles. The molecule has 1 aliphatic rings. The molecule has 3 heterocycles. The molecule has 0 radical (unpaired) electrons. The predicted octanol–water partition coefficient (Wildman–Crippen LogP) is -1.83. The fraction of sp³-hybridized carbons (Fsp3) is 0.538. The molecule has 5 unspecified atom stereocenters. The van der Waals surface area contributed by atoms with E-state index in [1.54, 1.807) is 0 Å². The summed E-state index contributed by atoms with van der Waals surface area (Å²) in [4.78, 5) is 22.7. The van der Waals surface area contributed by atoms with E-state index in [-0.39, 0.29) is 17.3 Å². The van der Waals surface area contributed by atoms with Gasteiger partial charge in [-0.15, -0.1) is 0 Å². The van der Waals surface area contributed by atoms with Crippen LogP contribution >= 0.6 is 11.8 Å². The Kier molecular flexibility index (Phi) is 5.06. The molecule has 5 atom stereocenters. The van der Waals surface area contributed by atoms with Crippen LogP contribution < -0.4 is 11.5 Å². The lowest BCUT2D eigenvalue weighted by Crippen LogP contribution is -2.35. The zero-order valence-electron chi connectivity index (χ0n) is 13.0. The number of imidazole rings is 1. The summed E-state index contributed by atoms with van der Waals surface area (Å²) in [6.07, 6.45) is -1.25. The number of aliphatic hydroxyl groups excluding tert-OH is 2. The third kappa shape index (κ3) is 3.39. The first kappa shape index (κ1) is 17.8. The van der Waals surface area contributed by atoms with Crippen molar-refractivity contribution in [3.8, 4) is 0 Å². The van der Waals surface area contributed by atoms with Gasteiger partial charge in [0.1, 0.15) is 30.1 Å². The summed E-state index contributed by atoms with van der Waals surface area (Å²) >= 11 is 1.23. The molecule has 2 aromatic rings. The van der Waals surface area contributed by atoms with E-state index < -0.39 is 36.6 Å². The number of carboxylic acid groups (broad SMARTS) is 1. The van der Waals surface area contributed by atoms with Crippen molar-refractivity contribution in [1.82, 2.24) is 19.5 Å². The molecule has 0 saturated carbocycles. The molecule has 25 heavy (non-hydrogen) atoms. The van der Waals surface area contributed by atoms with Crippen LogP contribution in [0.3, 0.4) is 0 Å². The third-order valence-electron chi connectivity index (χ3n) is 3.90. The monoisotopic (exact) mass is 370 g/mol. The Labute approximate surface area is 146 Å². The smallest absolute Gasteiger partial charge is 0.321 e. The van der Waals surface area contributed by atoms with Crippen molar-refractivity contribution >= 4 is 34.7 Å². The van der Waals surface area contributed by atoms with Gasteiger partial charge in [-0.1, -0.05) is 0 Å². The molecule has 3 rings (SSSR count). The third-order valence-corrected chi connectivity index (χ3v) is 5.05. The SMILES string of the molecule is Nc1ncnc2c1ncn2C1OC(CSCC(N)C(=O)O)C(O)C1O. The van der Waals surface area contributed by atoms with Crippen molar-refractivity contribution in [3.63, 3.8) is 0 Å². The number of carboxylic acids is 1. The minimum Gasteiger partial charge on any atom is -0.480 e. The van der Waals surface area contributed by atoms with Crippen molar-refractivity contribution in [1.29, 1.82) is 0 Å². The van der Waals surface area contributed by atoms with E-state index in [0.717, 1.165) is 0 Å². The highest BCUT2D eigenvalue weighted by Crippen LogP contribution is 2.33. The maximum Gasteiger partial charge on any atom is 0.321 e. The summed E-state index contributed by atoms with van der Waals surface area (Å²) in [7, 11) is 0. The lowest BCUT2D eigenvalue weighted by atomic mass is 10.1. The van der Waals surface area contributed by atoms with Gasteiger partial charge in [-0.3, -0.25) is 9.36 Å². The Morgan fingerprint density at radius 2 is 2.12 bits per heavy atom. The molecule has 0 amide bonds. The molecule has 2 aromatic heterocycles. The molecule has 1 fully saturated rings. The molecule has 1 saturated heterocycles. The molecule has 1 aliphatic heterocycles. The van der Waals surface area contributed by atoms with Crippen LogP contribution in [0.15, 0.2) is 12.7 Å². The van der Waals surface area contributed by atoms with E-state index in [9.17, 15) is 15.0 Å². The first-order valence-electron chi connectivity index (χ1n) is 7.41. The average molecular weight is 370 g/mol. The highest BCUT2D eigenvalue weighted by atomic mass is 32.2. The minimum atomic E-state index is -1.20. The van der Waals surface area contributed by atoms with Gasteiger partial charge in [-0.2, -0.15) is 11.8 Å². The minimum absolute atomic E-state index is 0.167. The number of carbonyl (C=O) groups is 1. The van der Waals surface area contributed by atoms with Crippen LogP contribution in [0, 0.1) is 0 Å². The van der Waals surface area contributed by atoms with E-state index in [0.29, 0.717) is 11.2 Å². The van der Waals surface area contributed by atoms with Gasteiger partial charge in [-0.25, -0.2) is 15.0 Å². The number of fused-ring (bicyclic) bond motifs is 1. The van der Waals surface area contributed by atoms with E-state index in [1.165, 1.54) is 29.0 Å². The molecular weight excluding hydrogens is 352 g/mol. The highest BCUT2D eigenvalue weighted by molar-refractivity contribution is 7.99. The van der Waals surface area contributed by atoms with Crippen molar-refractivity contribution in [3.05, 3.63) is 12.7 Å². The second kappa shape index (κ2) is 7.09. The average Bonchev–Trinajstić information content (AvgIpc) is 3.12. The number of aliphatic carboxylic acids is 1. The lowest BCUT2D eigenvalue weighted by molar-refractivity contribution is -0.137. The van der Waals surface area contributed by atoms with Crippen LogP contribution in [-0.4, -0.2) is 76.7 Å². The molecule has 7 N–H and O–H groups in total. The molecule has 11 nitrogen and oxygen atoms in total. The van der Waals surface area contributed by atoms with E-state index in [2.05, 4.69) is 15.0 Å². The number of thioether (sulfide) groups is 1. The molecule has 0 aliphatic carbocycles.